The zero-order chi connectivity index (χ0) is 21.6. The fourth-order valence-corrected chi connectivity index (χ4v) is 3.85. The predicted molar refractivity (Wildman–Crippen MR) is 123 cm³/mol. The average molecular weight is 417 g/mol. The molecule has 1 saturated heterocycles. The van der Waals surface area contributed by atoms with Gasteiger partial charge in [-0.15, -0.1) is 10.2 Å². The number of aromatic nitrogens is 2. The molecule has 0 aliphatic carbocycles. The van der Waals surface area contributed by atoms with Crippen molar-refractivity contribution in [1.82, 2.24) is 10.2 Å². The smallest absolute Gasteiger partial charge is 0.227 e. The van der Waals surface area contributed by atoms with Crippen LogP contribution in [-0.4, -0.2) is 36.3 Å². The SMILES string of the molecule is CCc1ccc(NC(=O)C2CCN(c3ccc(-c4ccc(OC)cc4)nn3)CC2)cc1. The maximum atomic E-state index is 12.6. The summed E-state index contributed by atoms with van der Waals surface area (Å²) in [6.45, 7) is 3.71. The van der Waals surface area contributed by atoms with Gasteiger partial charge in [0, 0.05) is 30.3 Å². The lowest BCUT2D eigenvalue weighted by Gasteiger charge is -2.31. The minimum atomic E-state index is 0.0219. The quantitative estimate of drug-likeness (QED) is 0.638. The topological polar surface area (TPSA) is 67.4 Å². The zero-order valence-electron chi connectivity index (χ0n) is 18.0. The molecule has 0 spiro atoms. The molecule has 1 aromatic heterocycles. The highest BCUT2D eigenvalue weighted by atomic mass is 16.5. The van der Waals surface area contributed by atoms with Crippen molar-refractivity contribution in [1.29, 1.82) is 0 Å². The first-order valence-electron chi connectivity index (χ1n) is 10.8. The summed E-state index contributed by atoms with van der Waals surface area (Å²) in [5, 5.41) is 11.9. The van der Waals surface area contributed by atoms with Crippen molar-refractivity contribution in [2.24, 2.45) is 5.92 Å². The zero-order valence-corrected chi connectivity index (χ0v) is 18.0. The number of rotatable bonds is 6. The molecule has 3 aromatic rings. The van der Waals surface area contributed by atoms with Crippen LogP contribution in [0, 0.1) is 5.92 Å². The van der Waals surface area contributed by atoms with Crippen molar-refractivity contribution >= 4 is 17.4 Å². The third-order valence-electron chi connectivity index (χ3n) is 5.86. The third kappa shape index (κ3) is 5.02. The number of carbonyl (C=O) groups excluding carboxylic acids is 1. The molecule has 4 rings (SSSR count). The van der Waals surface area contributed by atoms with Crippen LogP contribution >= 0.6 is 0 Å². The second kappa shape index (κ2) is 9.60. The van der Waals surface area contributed by atoms with Crippen molar-refractivity contribution in [3.05, 3.63) is 66.2 Å². The molecule has 1 N–H and O–H groups in total. The number of carbonyl (C=O) groups is 1. The number of nitrogens with one attached hydrogen (secondary N) is 1. The third-order valence-corrected chi connectivity index (χ3v) is 5.86. The van der Waals surface area contributed by atoms with Crippen LogP contribution in [-0.2, 0) is 11.2 Å². The van der Waals surface area contributed by atoms with Crippen LogP contribution in [0.1, 0.15) is 25.3 Å². The first-order valence-corrected chi connectivity index (χ1v) is 10.8. The van der Waals surface area contributed by atoms with E-state index in [1.807, 2.05) is 48.5 Å². The van der Waals surface area contributed by atoms with Gasteiger partial charge in [0.15, 0.2) is 5.82 Å². The summed E-state index contributed by atoms with van der Waals surface area (Å²) >= 11 is 0. The van der Waals surface area contributed by atoms with E-state index in [0.29, 0.717) is 0 Å². The molecule has 0 atom stereocenters. The first kappa shape index (κ1) is 20.8. The van der Waals surface area contributed by atoms with Crippen molar-refractivity contribution in [3.63, 3.8) is 0 Å². The summed E-state index contributed by atoms with van der Waals surface area (Å²) in [5.74, 6) is 1.79. The van der Waals surface area contributed by atoms with E-state index >= 15 is 0 Å². The molecule has 1 aliphatic heterocycles. The Hall–Kier alpha value is -3.41. The van der Waals surface area contributed by atoms with Gasteiger partial charge in [0.25, 0.3) is 0 Å². The summed E-state index contributed by atoms with van der Waals surface area (Å²) in [4.78, 5) is 14.8. The van der Waals surface area contributed by atoms with Gasteiger partial charge in [-0.25, -0.2) is 0 Å². The monoisotopic (exact) mass is 416 g/mol. The van der Waals surface area contributed by atoms with Gasteiger partial charge >= 0.3 is 0 Å². The lowest BCUT2D eigenvalue weighted by molar-refractivity contribution is -0.120. The highest BCUT2D eigenvalue weighted by Crippen LogP contribution is 2.25. The number of hydrogen-bond acceptors (Lipinski definition) is 5. The van der Waals surface area contributed by atoms with Crippen LogP contribution in [0.5, 0.6) is 5.75 Å². The molecular weight excluding hydrogens is 388 g/mol. The maximum Gasteiger partial charge on any atom is 0.227 e. The Balaban J connectivity index is 1.32. The van der Waals surface area contributed by atoms with E-state index in [1.165, 1.54) is 5.56 Å². The standard InChI is InChI=1S/C25H28N4O2/c1-3-18-4-8-21(9-5-18)26-25(30)20-14-16-29(17-15-20)24-13-12-23(27-28-24)19-6-10-22(31-2)11-7-19/h4-13,20H,3,14-17H2,1-2H3,(H,26,30). The molecule has 2 aromatic carbocycles. The van der Waals surface area contributed by atoms with Crippen LogP contribution in [0.15, 0.2) is 60.7 Å². The summed E-state index contributed by atoms with van der Waals surface area (Å²) in [6.07, 6.45) is 2.61. The molecule has 2 heterocycles. The Morgan fingerprint density at radius 2 is 1.71 bits per heavy atom. The van der Waals surface area contributed by atoms with Crippen LogP contribution in [0.25, 0.3) is 11.3 Å². The normalized spacial score (nSPS) is 14.3. The van der Waals surface area contributed by atoms with Gasteiger partial charge in [-0.3, -0.25) is 4.79 Å². The molecule has 0 radical (unpaired) electrons. The first-order chi connectivity index (χ1) is 15.2. The number of piperidine rings is 1. The second-order valence-corrected chi connectivity index (χ2v) is 7.81. The molecular formula is C25H28N4O2. The number of aryl methyl sites for hydroxylation is 1. The highest BCUT2D eigenvalue weighted by Gasteiger charge is 2.26. The Morgan fingerprint density at radius 3 is 2.29 bits per heavy atom. The summed E-state index contributed by atoms with van der Waals surface area (Å²) < 4.78 is 5.20. The molecule has 1 amide bonds. The minimum Gasteiger partial charge on any atom is -0.497 e. The van der Waals surface area contributed by atoms with Gasteiger partial charge in [-0.05, 0) is 73.4 Å². The molecule has 31 heavy (non-hydrogen) atoms. The number of anilines is 2. The minimum absolute atomic E-state index is 0.0219. The molecule has 6 heteroatoms. The molecule has 0 saturated carbocycles. The summed E-state index contributed by atoms with van der Waals surface area (Å²) in [7, 11) is 1.65. The lowest BCUT2D eigenvalue weighted by atomic mass is 9.95. The number of nitrogens with zero attached hydrogens (tertiary/aromatic N) is 3. The number of ether oxygens (including phenoxy) is 1. The van der Waals surface area contributed by atoms with Gasteiger partial charge in [0.1, 0.15) is 5.75 Å². The van der Waals surface area contributed by atoms with Gasteiger partial charge < -0.3 is 15.0 Å². The number of benzene rings is 2. The van der Waals surface area contributed by atoms with E-state index < -0.39 is 0 Å². The molecule has 0 bridgehead atoms. The van der Waals surface area contributed by atoms with Gasteiger partial charge in [0.05, 0.1) is 12.8 Å². The van der Waals surface area contributed by atoms with E-state index in [2.05, 4.69) is 39.5 Å². The van der Waals surface area contributed by atoms with Crippen molar-refractivity contribution in [2.45, 2.75) is 26.2 Å². The Kier molecular flexibility index (Phi) is 6.46. The number of methoxy groups -OCH3 is 1. The second-order valence-electron chi connectivity index (χ2n) is 7.81. The Bertz CT molecular complexity index is 993. The molecule has 6 nitrogen and oxygen atoms in total. The van der Waals surface area contributed by atoms with Crippen LogP contribution in [0.4, 0.5) is 11.5 Å². The molecule has 0 unspecified atom stereocenters. The fraction of sp³-hybridized carbons (Fsp3) is 0.320. The van der Waals surface area contributed by atoms with Gasteiger partial charge in [-0.1, -0.05) is 19.1 Å². The number of amides is 1. The Morgan fingerprint density at radius 1 is 1.00 bits per heavy atom. The fourth-order valence-electron chi connectivity index (χ4n) is 3.85. The largest absolute Gasteiger partial charge is 0.497 e. The van der Waals surface area contributed by atoms with Crippen molar-refractivity contribution in [3.8, 4) is 17.0 Å². The van der Waals surface area contributed by atoms with E-state index in [-0.39, 0.29) is 11.8 Å². The highest BCUT2D eigenvalue weighted by molar-refractivity contribution is 5.92. The predicted octanol–water partition coefficient (Wildman–Crippen LogP) is 4.57. The maximum absolute atomic E-state index is 12.6. The molecule has 160 valence electrons. The Labute approximate surface area is 183 Å². The summed E-state index contributed by atoms with van der Waals surface area (Å²) in [5.41, 5.74) is 3.96. The average Bonchev–Trinajstić information content (AvgIpc) is 2.85. The van der Waals surface area contributed by atoms with E-state index in [9.17, 15) is 4.79 Å². The number of hydrogen-bond donors (Lipinski definition) is 1. The van der Waals surface area contributed by atoms with Crippen LogP contribution < -0.4 is 15.0 Å². The van der Waals surface area contributed by atoms with E-state index in [1.54, 1.807) is 7.11 Å². The van der Waals surface area contributed by atoms with Crippen molar-refractivity contribution in [2.75, 3.05) is 30.4 Å². The molecule has 1 fully saturated rings. The van der Waals surface area contributed by atoms with E-state index in [4.69, 9.17) is 4.74 Å². The van der Waals surface area contributed by atoms with Crippen LogP contribution in [0.3, 0.4) is 0 Å². The van der Waals surface area contributed by atoms with Gasteiger partial charge in [-0.2, -0.15) is 0 Å². The van der Waals surface area contributed by atoms with Crippen LogP contribution in [0.2, 0.25) is 0 Å². The summed E-state index contributed by atoms with van der Waals surface area (Å²) in [6, 6.07) is 19.9. The van der Waals surface area contributed by atoms with Crippen molar-refractivity contribution < 1.29 is 9.53 Å². The van der Waals surface area contributed by atoms with E-state index in [0.717, 1.165) is 60.9 Å². The van der Waals surface area contributed by atoms with Gasteiger partial charge in [0.2, 0.25) is 5.91 Å². The molecule has 1 aliphatic rings. The lowest BCUT2D eigenvalue weighted by Crippen LogP contribution is -2.38.